The number of aliphatic carboxylic acids is 2. The van der Waals surface area contributed by atoms with Gasteiger partial charge in [0.1, 0.15) is 24.2 Å². The average molecular weight is 623 g/mol. The van der Waals surface area contributed by atoms with Crippen molar-refractivity contribution in [3.8, 4) is 0 Å². The summed E-state index contributed by atoms with van der Waals surface area (Å²) in [6.45, 7) is 7.19. The number of hydrogen-bond acceptors (Lipinski definition) is 8. The molecule has 1 aromatic carbocycles. The Morgan fingerprint density at radius 3 is 1.84 bits per heavy atom. The second-order valence-corrected chi connectivity index (χ2v) is 10.8. The highest BCUT2D eigenvalue weighted by molar-refractivity contribution is 5.99. The second-order valence-electron chi connectivity index (χ2n) is 10.8. The number of carbonyl (C=O) groups excluding carboxylic acids is 5. The van der Waals surface area contributed by atoms with Gasteiger partial charge in [-0.15, -0.1) is 0 Å². The average Bonchev–Trinajstić information content (AvgIpc) is 2.91. The number of urea groups is 1. The van der Waals surface area contributed by atoms with Gasteiger partial charge in [-0.25, -0.2) is 9.59 Å². The Bertz CT molecular complexity index is 1210. The van der Waals surface area contributed by atoms with Crippen molar-refractivity contribution < 1.29 is 48.9 Å². The zero-order valence-corrected chi connectivity index (χ0v) is 25.3. The predicted molar refractivity (Wildman–Crippen MR) is 158 cm³/mol. The lowest BCUT2D eigenvalue weighted by Gasteiger charge is -2.26. The van der Waals surface area contributed by atoms with Crippen LogP contribution in [0.4, 0.5) is 16.2 Å². The van der Waals surface area contributed by atoms with E-state index < -0.39 is 78.3 Å². The summed E-state index contributed by atoms with van der Waals surface area (Å²) in [5.74, 6) is -5.69. The molecule has 0 aromatic heterocycles. The molecule has 9 N–H and O–H groups in total. The maximum absolute atomic E-state index is 12.9. The summed E-state index contributed by atoms with van der Waals surface area (Å²) in [6.07, 6.45) is -0.351. The molecule has 0 aliphatic heterocycles. The quantitative estimate of drug-likeness (QED) is 0.114. The van der Waals surface area contributed by atoms with Gasteiger partial charge in [0.05, 0.1) is 6.61 Å². The molecule has 0 heterocycles. The number of benzene rings is 1. The SMILES string of the molecule is CC(=O)N[C@@H](CCC(=O)O)C(=O)Nc1cccc(NC(=O)N[C@@H](CO)C(=O)N[C@@H](CC(C)C)C(=O)N[C@H](C(=O)O)C(C)C)c1. The molecule has 44 heavy (non-hydrogen) atoms. The number of carbonyl (C=O) groups is 7. The minimum Gasteiger partial charge on any atom is -0.481 e. The van der Waals surface area contributed by atoms with Crippen molar-refractivity contribution in [3.63, 3.8) is 0 Å². The van der Waals surface area contributed by atoms with Crippen LogP contribution in [0.15, 0.2) is 24.3 Å². The van der Waals surface area contributed by atoms with Crippen molar-refractivity contribution in [1.82, 2.24) is 21.3 Å². The Kier molecular flexibility index (Phi) is 15.3. The van der Waals surface area contributed by atoms with Gasteiger partial charge in [0, 0.05) is 24.7 Å². The molecule has 4 atom stereocenters. The molecule has 0 unspecified atom stereocenters. The Morgan fingerprint density at radius 1 is 0.750 bits per heavy atom. The van der Waals surface area contributed by atoms with E-state index in [0.717, 1.165) is 0 Å². The van der Waals surface area contributed by atoms with Gasteiger partial charge < -0.3 is 47.2 Å². The monoisotopic (exact) mass is 622 g/mol. The largest absolute Gasteiger partial charge is 0.481 e. The first-order valence-corrected chi connectivity index (χ1v) is 14.0. The smallest absolute Gasteiger partial charge is 0.326 e. The van der Waals surface area contributed by atoms with E-state index in [-0.39, 0.29) is 36.6 Å². The third kappa shape index (κ3) is 13.5. The molecule has 0 aliphatic carbocycles. The first kappa shape index (κ1) is 37.3. The van der Waals surface area contributed by atoms with Gasteiger partial charge in [0.25, 0.3) is 0 Å². The van der Waals surface area contributed by atoms with E-state index in [1.165, 1.54) is 31.2 Å². The normalized spacial score (nSPS) is 13.5. The third-order valence-corrected chi connectivity index (χ3v) is 6.10. The molecule has 0 radical (unpaired) electrons. The summed E-state index contributed by atoms with van der Waals surface area (Å²) in [6, 6.07) is -0.0188. The molecule has 0 fully saturated rings. The van der Waals surface area contributed by atoms with Crippen LogP contribution in [0.3, 0.4) is 0 Å². The molecule has 6 amide bonds. The molecule has 0 spiro atoms. The van der Waals surface area contributed by atoms with Crippen molar-refractivity contribution in [3.05, 3.63) is 24.3 Å². The lowest BCUT2D eigenvalue weighted by molar-refractivity contribution is -0.143. The van der Waals surface area contributed by atoms with Crippen LogP contribution in [0.5, 0.6) is 0 Å². The zero-order valence-electron chi connectivity index (χ0n) is 25.3. The van der Waals surface area contributed by atoms with Crippen LogP contribution in [0.25, 0.3) is 0 Å². The summed E-state index contributed by atoms with van der Waals surface area (Å²) in [5.41, 5.74) is 0.378. The Balaban J connectivity index is 2.91. The number of nitrogens with one attached hydrogen (secondary N) is 6. The van der Waals surface area contributed by atoms with Crippen molar-refractivity contribution >= 4 is 53.0 Å². The van der Waals surface area contributed by atoms with Crippen molar-refractivity contribution in [2.45, 2.75) is 78.0 Å². The van der Waals surface area contributed by atoms with Gasteiger partial charge in [-0.1, -0.05) is 33.8 Å². The summed E-state index contributed by atoms with van der Waals surface area (Å²) in [7, 11) is 0. The predicted octanol–water partition coefficient (Wildman–Crippen LogP) is 0.233. The van der Waals surface area contributed by atoms with Crippen LogP contribution in [0, 0.1) is 11.8 Å². The Hall–Kier alpha value is -4.73. The summed E-state index contributed by atoms with van der Waals surface area (Å²) in [4.78, 5) is 84.9. The van der Waals surface area contributed by atoms with E-state index >= 15 is 0 Å². The standard InChI is InChI=1S/C28H42N6O10/c1-14(2)11-20(25(40)34-23(15(3)4)27(42)43)32-26(41)21(13-35)33-28(44)31-18-8-6-7-17(12-18)30-24(39)19(29-16(5)36)9-10-22(37)38/h6-8,12,14-15,19-21,23,35H,9-11,13H2,1-5H3,(H,29,36)(H,30,39)(H,32,41)(H,34,40)(H,37,38)(H,42,43)(H2,31,33,44)/t19-,20-,21-,23-/m0/s1. The highest BCUT2D eigenvalue weighted by Gasteiger charge is 2.31. The van der Waals surface area contributed by atoms with Crippen molar-refractivity contribution in [2.24, 2.45) is 11.8 Å². The van der Waals surface area contributed by atoms with E-state index in [4.69, 9.17) is 5.11 Å². The number of aliphatic hydroxyl groups is 1. The van der Waals surface area contributed by atoms with E-state index in [2.05, 4.69) is 31.9 Å². The molecule has 1 rings (SSSR count). The number of carboxylic acid groups (broad SMARTS) is 2. The van der Waals surface area contributed by atoms with Gasteiger partial charge in [-0.05, 0) is 42.9 Å². The number of rotatable bonds is 17. The van der Waals surface area contributed by atoms with Gasteiger partial charge in [0.15, 0.2) is 0 Å². The minimum atomic E-state index is -1.48. The van der Waals surface area contributed by atoms with Crippen LogP contribution in [0.1, 0.15) is 53.9 Å². The fraction of sp³-hybridized carbons (Fsp3) is 0.536. The van der Waals surface area contributed by atoms with Crippen LogP contribution >= 0.6 is 0 Å². The number of carboxylic acids is 2. The molecule has 0 bridgehead atoms. The maximum atomic E-state index is 12.9. The number of amides is 6. The lowest BCUT2D eigenvalue weighted by Crippen LogP contribution is -2.57. The molecular weight excluding hydrogens is 580 g/mol. The summed E-state index contributed by atoms with van der Waals surface area (Å²) in [5, 5.41) is 42.6. The lowest BCUT2D eigenvalue weighted by atomic mass is 10.00. The van der Waals surface area contributed by atoms with Crippen LogP contribution in [-0.2, 0) is 28.8 Å². The van der Waals surface area contributed by atoms with E-state index in [1.54, 1.807) is 27.7 Å². The Morgan fingerprint density at radius 2 is 1.34 bits per heavy atom. The highest BCUT2D eigenvalue weighted by Crippen LogP contribution is 2.16. The molecule has 16 heteroatoms. The second kappa shape index (κ2) is 18.0. The van der Waals surface area contributed by atoms with Gasteiger partial charge in [-0.2, -0.15) is 0 Å². The first-order chi connectivity index (χ1) is 20.5. The summed E-state index contributed by atoms with van der Waals surface area (Å²) >= 11 is 0. The molecular formula is C28H42N6O10. The molecule has 1 aromatic rings. The molecule has 16 nitrogen and oxygen atoms in total. The zero-order chi connectivity index (χ0) is 33.6. The van der Waals surface area contributed by atoms with Crippen LogP contribution in [0.2, 0.25) is 0 Å². The maximum Gasteiger partial charge on any atom is 0.326 e. The molecule has 244 valence electrons. The minimum absolute atomic E-state index is 0.0735. The molecule has 0 saturated heterocycles. The number of hydrogen-bond donors (Lipinski definition) is 9. The molecule has 0 aliphatic rings. The van der Waals surface area contributed by atoms with Gasteiger partial charge in [-0.3, -0.25) is 24.0 Å². The fourth-order valence-electron chi connectivity index (χ4n) is 3.95. The fourth-order valence-corrected chi connectivity index (χ4v) is 3.95. The van der Waals surface area contributed by atoms with Crippen LogP contribution in [-0.4, -0.2) is 87.7 Å². The topological polar surface area (TPSA) is 252 Å². The van der Waals surface area contributed by atoms with Crippen molar-refractivity contribution in [2.75, 3.05) is 17.2 Å². The number of anilines is 2. The highest BCUT2D eigenvalue weighted by atomic mass is 16.4. The van der Waals surface area contributed by atoms with Gasteiger partial charge in [0.2, 0.25) is 23.6 Å². The molecule has 0 saturated carbocycles. The number of aliphatic hydroxyl groups excluding tert-OH is 1. The van der Waals surface area contributed by atoms with E-state index in [9.17, 15) is 43.8 Å². The van der Waals surface area contributed by atoms with E-state index in [1.807, 2.05) is 0 Å². The van der Waals surface area contributed by atoms with E-state index in [0.29, 0.717) is 0 Å². The van der Waals surface area contributed by atoms with Crippen LogP contribution < -0.4 is 31.9 Å². The Labute approximate surface area is 254 Å². The van der Waals surface area contributed by atoms with Crippen molar-refractivity contribution in [1.29, 1.82) is 0 Å². The third-order valence-electron chi connectivity index (χ3n) is 6.10. The summed E-state index contributed by atoms with van der Waals surface area (Å²) < 4.78 is 0. The van der Waals surface area contributed by atoms with Gasteiger partial charge >= 0.3 is 18.0 Å². The first-order valence-electron chi connectivity index (χ1n) is 14.0.